The highest BCUT2D eigenvalue weighted by molar-refractivity contribution is 6.74. The highest BCUT2D eigenvalue weighted by atomic mass is 28.4. The van der Waals surface area contributed by atoms with Crippen LogP contribution in [0.15, 0.2) is 12.2 Å². The molecule has 4 atom stereocenters. The Hall–Kier alpha value is -0.693. The van der Waals surface area contributed by atoms with E-state index in [0.29, 0.717) is 6.42 Å². The average molecular weight is 483 g/mol. The van der Waals surface area contributed by atoms with Gasteiger partial charge >= 0.3 is 5.97 Å². The van der Waals surface area contributed by atoms with Crippen molar-refractivity contribution in [2.45, 2.75) is 154 Å². The van der Waals surface area contributed by atoms with E-state index < -0.39 is 14.1 Å². The number of unbranched alkanes of at least 4 members (excludes halogenated alkanes) is 6. The molecule has 0 aromatic heterocycles. The van der Waals surface area contributed by atoms with Crippen molar-refractivity contribution in [2.75, 3.05) is 0 Å². The fraction of sp³-hybridized carbons (Fsp3) is 0.889. The third-order valence-electron chi connectivity index (χ3n) is 7.28. The van der Waals surface area contributed by atoms with Crippen LogP contribution in [0.4, 0.5) is 0 Å². The summed E-state index contributed by atoms with van der Waals surface area (Å²) in [5, 5.41) is 0.0667. The summed E-state index contributed by atoms with van der Waals surface area (Å²) in [6.45, 7) is 17.2. The Morgan fingerprint density at radius 3 is 2.30 bits per heavy atom. The van der Waals surface area contributed by atoms with Gasteiger partial charge in [0.2, 0.25) is 0 Å². The number of esters is 1. The highest BCUT2D eigenvalue weighted by Gasteiger charge is 2.43. The van der Waals surface area contributed by atoms with Crippen molar-refractivity contribution in [1.29, 1.82) is 0 Å². The van der Waals surface area contributed by atoms with Crippen LogP contribution in [0.3, 0.4) is 0 Å². The van der Waals surface area contributed by atoms with Gasteiger partial charge < -0.3 is 18.6 Å². The van der Waals surface area contributed by atoms with Gasteiger partial charge in [-0.2, -0.15) is 0 Å². The van der Waals surface area contributed by atoms with E-state index in [1.54, 1.807) is 0 Å². The van der Waals surface area contributed by atoms with E-state index in [9.17, 15) is 4.79 Å². The summed E-state index contributed by atoms with van der Waals surface area (Å²) >= 11 is 0. The molecule has 0 unspecified atom stereocenters. The number of ether oxygens (including phenoxy) is 3. The minimum atomic E-state index is -2.04. The fourth-order valence-electron chi connectivity index (χ4n) is 4.36. The zero-order chi connectivity index (χ0) is 24.7. The molecule has 0 radical (unpaired) electrons. The van der Waals surface area contributed by atoms with E-state index in [-0.39, 0.29) is 41.8 Å². The van der Waals surface area contributed by atoms with Crippen molar-refractivity contribution in [3.05, 3.63) is 12.2 Å². The van der Waals surface area contributed by atoms with Crippen LogP contribution in [0.1, 0.15) is 106 Å². The first-order valence-corrected chi connectivity index (χ1v) is 16.1. The molecule has 2 heterocycles. The Bertz CT molecular complexity index is 637. The Balaban J connectivity index is 2.07. The van der Waals surface area contributed by atoms with E-state index in [1.165, 1.54) is 38.5 Å². The summed E-state index contributed by atoms with van der Waals surface area (Å²) in [4.78, 5) is 12.9. The molecule has 5 nitrogen and oxygen atoms in total. The SMILES string of the molecule is CCCCCCCCC[C@@H]1C[C@@H]2OC(C)(C)O[C@H]2C=C[C@@H](O[Si](C)(C)C(C)(C)C)CC(=O)O1. The Morgan fingerprint density at radius 2 is 1.67 bits per heavy atom. The molecule has 0 spiro atoms. The van der Waals surface area contributed by atoms with Gasteiger partial charge in [-0.25, -0.2) is 0 Å². The fourth-order valence-corrected chi connectivity index (χ4v) is 5.63. The maximum Gasteiger partial charge on any atom is 0.308 e. The Morgan fingerprint density at radius 1 is 1.03 bits per heavy atom. The predicted octanol–water partition coefficient (Wildman–Crippen LogP) is 7.30. The summed E-state index contributed by atoms with van der Waals surface area (Å²) in [6.07, 6.45) is 13.9. The van der Waals surface area contributed by atoms with Crippen LogP contribution in [0, 0.1) is 0 Å². The molecule has 1 saturated heterocycles. The second-order valence-corrected chi connectivity index (χ2v) is 16.7. The molecule has 0 amide bonds. The van der Waals surface area contributed by atoms with E-state index in [2.05, 4.69) is 46.9 Å². The minimum absolute atomic E-state index is 0.0667. The van der Waals surface area contributed by atoms with E-state index in [4.69, 9.17) is 18.6 Å². The third-order valence-corrected chi connectivity index (χ3v) is 11.8. The van der Waals surface area contributed by atoms with Crippen LogP contribution >= 0.6 is 0 Å². The van der Waals surface area contributed by atoms with Gasteiger partial charge in [0.15, 0.2) is 14.1 Å². The lowest BCUT2D eigenvalue weighted by molar-refractivity contribution is -0.156. The van der Waals surface area contributed by atoms with Crippen LogP contribution in [0.2, 0.25) is 18.1 Å². The van der Waals surface area contributed by atoms with E-state index in [0.717, 1.165) is 12.8 Å². The lowest BCUT2D eigenvalue weighted by Crippen LogP contribution is -2.44. The van der Waals surface area contributed by atoms with E-state index >= 15 is 0 Å². The molecule has 0 N–H and O–H groups in total. The highest BCUT2D eigenvalue weighted by Crippen LogP contribution is 2.38. The number of carbonyl (C=O) groups excluding carboxylic acids is 1. The zero-order valence-corrected chi connectivity index (χ0v) is 23.6. The maximum absolute atomic E-state index is 12.9. The zero-order valence-electron chi connectivity index (χ0n) is 22.6. The molecule has 0 bridgehead atoms. The normalized spacial score (nSPS) is 28.4. The van der Waals surface area contributed by atoms with Crippen LogP contribution in [-0.4, -0.2) is 44.5 Å². The first kappa shape index (κ1) is 28.5. The minimum Gasteiger partial charge on any atom is -0.462 e. The van der Waals surface area contributed by atoms with Crippen molar-refractivity contribution in [2.24, 2.45) is 0 Å². The van der Waals surface area contributed by atoms with Gasteiger partial charge in [-0.15, -0.1) is 0 Å². The summed E-state index contributed by atoms with van der Waals surface area (Å²) in [7, 11) is -2.04. The molecule has 6 heteroatoms. The van der Waals surface area contributed by atoms with Gasteiger partial charge in [-0.05, 0) is 44.8 Å². The number of carbonyl (C=O) groups is 1. The summed E-state index contributed by atoms with van der Waals surface area (Å²) in [5.41, 5.74) is 0. The second kappa shape index (κ2) is 12.3. The number of hydrogen-bond donors (Lipinski definition) is 0. The van der Waals surface area contributed by atoms with Crippen molar-refractivity contribution in [3.63, 3.8) is 0 Å². The largest absolute Gasteiger partial charge is 0.462 e. The summed E-state index contributed by atoms with van der Waals surface area (Å²) in [5.74, 6) is -0.815. The van der Waals surface area contributed by atoms with Crippen molar-refractivity contribution in [1.82, 2.24) is 0 Å². The Labute approximate surface area is 204 Å². The van der Waals surface area contributed by atoms with Gasteiger partial charge in [0.1, 0.15) is 12.2 Å². The van der Waals surface area contributed by atoms with Gasteiger partial charge in [0.25, 0.3) is 0 Å². The molecule has 33 heavy (non-hydrogen) atoms. The van der Waals surface area contributed by atoms with Crippen LogP contribution in [-0.2, 0) is 23.4 Å². The molecule has 0 aromatic carbocycles. The van der Waals surface area contributed by atoms with Gasteiger partial charge in [-0.1, -0.05) is 78.4 Å². The topological polar surface area (TPSA) is 54.0 Å². The number of cyclic esters (lactones) is 1. The molecule has 2 rings (SSSR count). The maximum atomic E-state index is 12.9. The number of fused-ring (bicyclic) bond motifs is 1. The van der Waals surface area contributed by atoms with Crippen molar-refractivity contribution in [3.8, 4) is 0 Å². The van der Waals surface area contributed by atoms with Crippen LogP contribution in [0.5, 0.6) is 0 Å². The molecular weight excluding hydrogens is 432 g/mol. The molecule has 2 aliphatic rings. The molecular formula is C27H50O5Si. The molecule has 192 valence electrons. The van der Waals surface area contributed by atoms with Crippen LogP contribution in [0.25, 0.3) is 0 Å². The van der Waals surface area contributed by atoms with Crippen LogP contribution < -0.4 is 0 Å². The third kappa shape index (κ3) is 9.46. The smallest absolute Gasteiger partial charge is 0.308 e. The summed E-state index contributed by atoms with van der Waals surface area (Å²) < 4.78 is 25.0. The molecule has 0 saturated carbocycles. The lowest BCUT2D eigenvalue weighted by Gasteiger charge is -2.38. The summed E-state index contributed by atoms with van der Waals surface area (Å²) in [6, 6.07) is 0. The lowest BCUT2D eigenvalue weighted by atomic mass is 9.99. The van der Waals surface area contributed by atoms with Gasteiger partial charge in [0, 0.05) is 6.42 Å². The number of rotatable bonds is 10. The predicted molar refractivity (Wildman–Crippen MR) is 137 cm³/mol. The quantitative estimate of drug-likeness (QED) is 0.141. The average Bonchev–Trinajstić information content (AvgIpc) is 2.97. The Kier molecular flexibility index (Phi) is 10.7. The molecule has 0 aliphatic carbocycles. The van der Waals surface area contributed by atoms with Crippen molar-refractivity contribution < 1.29 is 23.4 Å². The number of hydrogen-bond acceptors (Lipinski definition) is 5. The molecule has 2 aliphatic heterocycles. The monoisotopic (exact) mass is 482 g/mol. The molecule has 1 fully saturated rings. The first-order valence-electron chi connectivity index (χ1n) is 13.2. The second-order valence-electron chi connectivity index (χ2n) is 11.9. The van der Waals surface area contributed by atoms with Crippen molar-refractivity contribution >= 4 is 14.3 Å². The van der Waals surface area contributed by atoms with Gasteiger partial charge in [-0.3, -0.25) is 4.79 Å². The van der Waals surface area contributed by atoms with Gasteiger partial charge in [0.05, 0.1) is 18.6 Å². The molecule has 0 aromatic rings. The van der Waals surface area contributed by atoms with E-state index in [1.807, 2.05) is 19.9 Å². The first-order chi connectivity index (χ1) is 15.3. The standard InChI is InChI=1S/C27H50O5Si/c1-9-10-11-12-13-14-15-16-21-19-24-23(30-27(5,6)31-24)18-17-22(20-25(28)29-21)32-33(7,8)26(2,3)4/h17-18,21-24H,9-16,19-20H2,1-8H3/t21-,22-,23+,24+/m1/s1.